The minimum atomic E-state index is -4.53. The van der Waals surface area contributed by atoms with Crippen molar-refractivity contribution in [2.75, 3.05) is 0 Å². The van der Waals surface area contributed by atoms with Crippen molar-refractivity contribution in [3.05, 3.63) is 51.4 Å². The molecule has 0 saturated heterocycles. The molecule has 3 heterocycles. The molecule has 0 aromatic carbocycles. The second-order valence-electron chi connectivity index (χ2n) is 4.66. The zero-order valence-corrected chi connectivity index (χ0v) is 11.9. The standard InChI is InChI=1S/C12H9ClF3N5O/c1-19-7(4-9(18-19)12(14,15)16)5-20-6-17-21-8(11(20)22)2-3-10(21)13/h2-4,6H,5H2,1H3. The number of rotatable bonds is 2. The molecule has 3 rings (SSSR count). The molecule has 0 fully saturated rings. The molecule has 6 nitrogen and oxygen atoms in total. The number of fused-ring (bicyclic) bond motifs is 1. The molecule has 0 unspecified atom stereocenters. The fourth-order valence-electron chi connectivity index (χ4n) is 2.08. The highest BCUT2D eigenvalue weighted by molar-refractivity contribution is 6.29. The molecule has 3 aromatic rings. The van der Waals surface area contributed by atoms with Crippen LogP contribution in [0, 0.1) is 0 Å². The average molecular weight is 332 g/mol. The van der Waals surface area contributed by atoms with Crippen molar-refractivity contribution in [2.24, 2.45) is 7.05 Å². The Hall–Kier alpha value is -2.29. The molecule has 0 saturated carbocycles. The van der Waals surface area contributed by atoms with Crippen LogP contribution in [0.2, 0.25) is 5.15 Å². The Bertz CT molecular complexity index is 908. The summed E-state index contributed by atoms with van der Waals surface area (Å²) in [5.74, 6) is 0. The van der Waals surface area contributed by atoms with Crippen LogP contribution in [0.4, 0.5) is 13.2 Å². The molecule has 0 atom stereocenters. The molecule has 0 aliphatic carbocycles. The molecule has 0 aliphatic heterocycles. The number of halogens is 4. The van der Waals surface area contributed by atoms with Crippen molar-refractivity contribution in [3.8, 4) is 0 Å². The molecular weight excluding hydrogens is 323 g/mol. The average Bonchev–Trinajstić information content (AvgIpc) is 2.98. The van der Waals surface area contributed by atoms with Crippen LogP contribution in [0.3, 0.4) is 0 Å². The van der Waals surface area contributed by atoms with Crippen LogP contribution in [0.5, 0.6) is 0 Å². The second-order valence-corrected chi connectivity index (χ2v) is 5.05. The smallest absolute Gasteiger partial charge is 0.290 e. The number of aryl methyl sites for hydroxylation is 1. The van der Waals surface area contributed by atoms with Crippen molar-refractivity contribution in [3.63, 3.8) is 0 Å². The van der Waals surface area contributed by atoms with E-state index in [4.69, 9.17) is 11.6 Å². The van der Waals surface area contributed by atoms with Crippen molar-refractivity contribution in [1.82, 2.24) is 24.0 Å². The summed E-state index contributed by atoms with van der Waals surface area (Å²) in [6.45, 7) is -0.0787. The van der Waals surface area contributed by atoms with Gasteiger partial charge in [0.1, 0.15) is 17.0 Å². The monoisotopic (exact) mass is 331 g/mol. The maximum atomic E-state index is 12.6. The van der Waals surface area contributed by atoms with E-state index in [1.807, 2.05) is 0 Å². The van der Waals surface area contributed by atoms with Gasteiger partial charge in [0.15, 0.2) is 5.69 Å². The van der Waals surface area contributed by atoms with Gasteiger partial charge in [0.25, 0.3) is 5.56 Å². The topological polar surface area (TPSA) is 57.1 Å². The quantitative estimate of drug-likeness (QED) is 0.721. The molecule has 10 heteroatoms. The first-order chi connectivity index (χ1) is 10.3. The van der Waals surface area contributed by atoms with E-state index in [0.717, 1.165) is 10.7 Å². The SMILES string of the molecule is Cn1nc(C(F)(F)F)cc1Cn1cnn2c(Cl)ccc2c1=O. The number of alkyl halides is 3. The highest BCUT2D eigenvalue weighted by atomic mass is 35.5. The predicted octanol–water partition coefficient (Wildman–Crippen LogP) is 1.95. The summed E-state index contributed by atoms with van der Waals surface area (Å²) in [5.41, 5.74) is -0.932. The predicted molar refractivity (Wildman–Crippen MR) is 71.8 cm³/mol. The Morgan fingerprint density at radius 2 is 2.05 bits per heavy atom. The first kappa shape index (κ1) is 14.6. The molecule has 3 aromatic heterocycles. The first-order valence-electron chi connectivity index (χ1n) is 6.10. The fraction of sp³-hybridized carbons (Fsp3) is 0.250. The molecule has 0 aliphatic rings. The Labute approximate surface area is 126 Å². The van der Waals surface area contributed by atoms with Gasteiger partial charge < -0.3 is 0 Å². The summed E-state index contributed by atoms with van der Waals surface area (Å²) in [4.78, 5) is 12.3. The molecule has 0 spiro atoms. The lowest BCUT2D eigenvalue weighted by molar-refractivity contribution is -0.141. The number of hydrogen-bond acceptors (Lipinski definition) is 3. The van der Waals surface area contributed by atoms with Gasteiger partial charge in [-0.3, -0.25) is 14.0 Å². The number of aromatic nitrogens is 5. The van der Waals surface area contributed by atoms with Gasteiger partial charge in [-0.1, -0.05) is 11.6 Å². The summed E-state index contributed by atoms with van der Waals surface area (Å²) in [5, 5.41) is 7.66. The first-order valence-corrected chi connectivity index (χ1v) is 6.48. The van der Waals surface area contributed by atoms with Crippen LogP contribution in [0.25, 0.3) is 5.52 Å². The van der Waals surface area contributed by atoms with Crippen LogP contribution in [-0.4, -0.2) is 24.0 Å². The molecule has 0 amide bonds. The largest absolute Gasteiger partial charge is 0.435 e. The maximum absolute atomic E-state index is 12.6. The van der Waals surface area contributed by atoms with Crippen molar-refractivity contribution in [1.29, 1.82) is 0 Å². The van der Waals surface area contributed by atoms with Gasteiger partial charge in [-0.15, -0.1) is 0 Å². The summed E-state index contributed by atoms with van der Waals surface area (Å²) in [6, 6.07) is 3.92. The summed E-state index contributed by atoms with van der Waals surface area (Å²) < 4.78 is 41.4. The summed E-state index contributed by atoms with van der Waals surface area (Å²) in [7, 11) is 1.38. The van der Waals surface area contributed by atoms with Crippen LogP contribution in [-0.2, 0) is 19.8 Å². The van der Waals surface area contributed by atoms with Crippen LogP contribution in [0.1, 0.15) is 11.4 Å². The summed E-state index contributed by atoms with van der Waals surface area (Å²) in [6.07, 6.45) is -3.31. The molecule has 22 heavy (non-hydrogen) atoms. The van der Waals surface area contributed by atoms with Crippen molar-refractivity contribution >= 4 is 17.1 Å². The summed E-state index contributed by atoms with van der Waals surface area (Å²) >= 11 is 5.85. The number of nitrogens with zero attached hydrogens (tertiary/aromatic N) is 5. The van der Waals surface area contributed by atoms with Gasteiger partial charge in [0, 0.05) is 7.05 Å². The highest BCUT2D eigenvalue weighted by Crippen LogP contribution is 2.28. The number of hydrogen-bond donors (Lipinski definition) is 0. The van der Waals surface area contributed by atoms with E-state index in [2.05, 4.69) is 10.2 Å². The molecule has 0 N–H and O–H groups in total. The van der Waals surface area contributed by atoms with Gasteiger partial charge in [-0.2, -0.15) is 23.4 Å². The van der Waals surface area contributed by atoms with Gasteiger partial charge in [-0.25, -0.2) is 4.52 Å². The van der Waals surface area contributed by atoms with E-state index in [-0.39, 0.29) is 22.9 Å². The van der Waals surface area contributed by atoms with E-state index in [9.17, 15) is 18.0 Å². The van der Waals surface area contributed by atoms with E-state index < -0.39 is 17.4 Å². The lowest BCUT2D eigenvalue weighted by atomic mass is 10.3. The molecule has 0 radical (unpaired) electrons. The lowest BCUT2D eigenvalue weighted by Gasteiger charge is -2.06. The minimum absolute atomic E-state index is 0.0787. The van der Waals surface area contributed by atoms with Gasteiger partial charge in [0.2, 0.25) is 0 Å². The zero-order valence-electron chi connectivity index (χ0n) is 11.2. The van der Waals surface area contributed by atoms with E-state index in [0.29, 0.717) is 0 Å². The van der Waals surface area contributed by atoms with Crippen molar-refractivity contribution in [2.45, 2.75) is 12.7 Å². The third-order valence-corrected chi connectivity index (χ3v) is 3.48. The Morgan fingerprint density at radius 3 is 2.68 bits per heavy atom. The molecule has 0 bridgehead atoms. The van der Waals surface area contributed by atoms with Gasteiger partial charge >= 0.3 is 6.18 Å². The maximum Gasteiger partial charge on any atom is 0.435 e. The van der Waals surface area contributed by atoms with Crippen molar-refractivity contribution < 1.29 is 13.2 Å². The van der Waals surface area contributed by atoms with Crippen LogP contribution >= 0.6 is 11.6 Å². The van der Waals surface area contributed by atoms with E-state index >= 15 is 0 Å². The highest BCUT2D eigenvalue weighted by Gasteiger charge is 2.34. The second kappa shape index (κ2) is 4.87. The zero-order chi connectivity index (χ0) is 16.1. The normalized spacial score (nSPS) is 12.2. The lowest BCUT2D eigenvalue weighted by Crippen LogP contribution is -2.24. The third kappa shape index (κ3) is 2.37. The Balaban J connectivity index is 2.02. The van der Waals surface area contributed by atoms with Crippen LogP contribution < -0.4 is 5.56 Å². The molecular formula is C12H9ClF3N5O. The Kier molecular flexibility index (Phi) is 3.24. The minimum Gasteiger partial charge on any atom is -0.290 e. The van der Waals surface area contributed by atoms with E-state index in [1.165, 1.54) is 34.6 Å². The van der Waals surface area contributed by atoms with Gasteiger partial charge in [0.05, 0.1) is 12.2 Å². The van der Waals surface area contributed by atoms with Crippen LogP contribution in [0.15, 0.2) is 29.3 Å². The Morgan fingerprint density at radius 1 is 1.32 bits per heavy atom. The van der Waals surface area contributed by atoms with E-state index in [1.54, 1.807) is 0 Å². The third-order valence-electron chi connectivity index (χ3n) is 3.20. The van der Waals surface area contributed by atoms with Gasteiger partial charge in [-0.05, 0) is 18.2 Å². The fourth-order valence-corrected chi connectivity index (χ4v) is 2.27. The molecule has 116 valence electrons.